The second kappa shape index (κ2) is 7.21. The lowest BCUT2D eigenvalue weighted by molar-refractivity contribution is 0.877. The maximum Gasteiger partial charge on any atom is 0.195 e. The van der Waals surface area contributed by atoms with E-state index in [1.54, 1.807) is 11.3 Å². The average molecular weight is 353 g/mol. The van der Waals surface area contributed by atoms with E-state index < -0.39 is 0 Å². The Morgan fingerprint density at radius 1 is 1.08 bits per heavy atom. The van der Waals surface area contributed by atoms with Crippen molar-refractivity contribution < 1.29 is 0 Å². The minimum absolute atomic E-state index is 0.702. The van der Waals surface area contributed by atoms with Crippen molar-refractivity contribution in [1.82, 2.24) is 0 Å². The second-order valence-corrected chi connectivity index (χ2v) is 7.82. The molecule has 0 aliphatic rings. The zero-order valence-electron chi connectivity index (χ0n) is 14.2. The van der Waals surface area contributed by atoms with E-state index in [4.69, 9.17) is 6.57 Å². The summed E-state index contributed by atoms with van der Waals surface area (Å²) in [6.07, 6.45) is 2.01. The highest BCUT2D eigenvalue weighted by Gasteiger charge is 2.10. The number of rotatable bonds is 5. The third kappa shape index (κ3) is 3.38. The van der Waals surface area contributed by atoms with Crippen LogP contribution >= 0.6 is 22.7 Å². The number of hydrogen-bond acceptors (Lipinski definition) is 3. The topological polar surface area (TPSA) is 7.60 Å². The zero-order chi connectivity index (χ0) is 17.1. The summed E-state index contributed by atoms with van der Waals surface area (Å²) in [5.41, 5.74) is 2.90. The summed E-state index contributed by atoms with van der Waals surface area (Å²) in [5, 5.41) is 1.33. The number of nitrogens with zero attached hydrogens (tertiary/aromatic N) is 2. The standard InChI is InChI=1S/C20H20N2S2/c1-5-22(6-2)20-13-19-18(24-20)12-16(23-19)11-17(21-4)15-9-7-14(3)8-10-15/h7-13H,5-6H2,1-3H3/b17-11-. The Hall–Kier alpha value is -2.09. The minimum atomic E-state index is 0.702. The summed E-state index contributed by atoms with van der Waals surface area (Å²) in [5.74, 6) is 0. The van der Waals surface area contributed by atoms with Gasteiger partial charge in [-0.15, -0.1) is 22.7 Å². The van der Waals surface area contributed by atoms with Crippen molar-refractivity contribution in [3.63, 3.8) is 0 Å². The first kappa shape index (κ1) is 16.8. The first-order chi connectivity index (χ1) is 11.6. The molecule has 24 heavy (non-hydrogen) atoms. The van der Waals surface area contributed by atoms with Gasteiger partial charge in [0.1, 0.15) is 0 Å². The first-order valence-corrected chi connectivity index (χ1v) is 9.72. The van der Waals surface area contributed by atoms with Gasteiger partial charge in [-0.1, -0.05) is 29.8 Å². The number of benzene rings is 1. The van der Waals surface area contributed by atoms with Gasteiger partial charge in [-0.3, -0.25) is 0 Å². The van der Waals surface area contributed by atoms with E-state index in [1.165, 1.54) is 20.0 Å². The fourth-order valence-electron chi connectivity index (χ4n) is 2.64. The highest BCUT2D eigenvalue weighted by atomic mass is 32.1. The van der Waals surface area contributed by atoms with Gasteiger partial charge in [0.05, 0.1) is 11.6 Å². The summed E-state index contributed by atoms with van der Waals surface area (Å²) >= 11 is 3.60. The molecule has 0 amide bonds. The second-order valence-electron chi connectivity index (χ2n) is 5.64. The highest BCUT2D eigenvalue weighted by Crippen LogP contribution is 2.39. The van der Waals surface area contributed by atoms with Crippen LogP contribution in [-0.4, -0.2) is 13.1 Å². The molecule has 2 aromatic heterocycles. The molecule has 2 nitrogen and oxygen atoms in total. The van der Waals surface area contributed by atoms with Gasteiger partial charge in [0.15, 0.2) is 5.70 Å². The monoisotopic (exact) mass is 352 g/mol. The summed E-state index contributed by atoms with van der Waals surface area (Å²) in [7, 11) is 0. The van der Waals surface area contributed by atoms with E-state index in [0.29, 0.717) is 5.70 Å². The Morgan fingerprint density at radius 2 is 1.75 bits per heavy atom. The number of anilines is 1. The predicted molar refractivity (Wildman–Crippen MR) is 109 cm³/mol. The van der Waals surface area contributed by atoms with Crippen LogP contribution in [0.4, 0.5) is 5.00 Å². The van der Waals surface area contributed by atoms with Crippen LogP contribution in [0.25, 0.3) is 26.0 Å². The van der Waals surface area contributed by atoms with Gasteiger partial charge in [-0.25, -0.2) is 4.85 Å². The van der Waals surface area contributed by atoms with Crippen LogP contribution in [0.3, 0.4) is 0 Å². The van der Waals surface area contributed by atoms with Crippen molar-refractivity contribution in [3.05, 3.63) is 63.8 Å². The highest BCUT2D eigenvalue weighted by molar-refractivity contribution is 7.30. The molecule has 3 rings (SSSR count). The molecule has 2 heterocycles. The normalized spacial score (nSPS) is 11.7. The lowest BCUT2D eigenvalue weighted by atomic mass is 10.1. The van der Waals surface area contributed by atoms with E-state index in [0.717, 1.165) is 23.5 Å². The Kier molecular flexibility index (Phi) is 5.03. The van der Waals surface area contributed by atoms with Gasteiger partial charge in [0, 0.05) is 27.4 Å². The average Bonchev–Trinajstić information content (AvgIpc) is 3.13. The molecule has 0 fully saturated rings. The van der Waals surface area contributed by atoms with Crippen LogP contribution in [0.5, 0.6) is 0 Å². The van der Waals surface area contributed by atoms with Crippen molar-refractivity contribution >= 4 is 48.8 Å². The van der Waals surface area contributed by atoms with Crippen molar-refractivity contribution in [1.29, 1.82) is 0 Å². The SMILES string of the molecule is [C-]#[N+]/C(=C\c1cc2sc(N(CC)CC)cc2s1)c1ccc(C)cc1. The van der Waals surface area contributed by atoms with Crippen LogP contribution in [0.1, 0.15) is 29.9 Å². The molecule has 0 radical (unpaired) electrons. The molecule has 0 spiro atoms. The molecule has 0 saturated heterocycles. The maximum absolute atomic E-state index is 7.50. The Bertz CT molecular complexity index is 872. The zero-order valence-corrected chi connectivity index (χ0v) is 15.8. The van der Waals surface area contributed by atoms with Gasteiger partial charge >= 0.3 is 0 Å². The van der Waals surface area contributed by atoms with Crippen molar-refractivity contribution in [2.24, 2.45) is 0 Å². The molecule has 0 N–H and O–H groups in total. The molecule has 4 heteroatoms. The van der Waals surface area contributed by atoms with Gasteiger partial charge in [-0.05, 0) is 44.5 Å². The Labute approximate surface area is 151 Å². The molecule has 122 valence electrons. The van der Waals surface area contributed by atoms with Crippen molar-refractivity contribution in [3.8, 4) is 0 Å². The van der Waals surface area contributed by atoms with Crippen LogP contribution in [-0.2, 0) is 0 Å². The molecular weight excluding hydrogens is 332 g/mol. The summed E-state index contributed by atoms with van der Waals surface area (Å²) in [6, 6.07) is 12.6. The van der Waals surface area contributed by atoms with Gasteiger partial charge in [-0.2, -0.15) is 0 Å². The number of fused-ring (bicyclic) bond motifs is 1. The van der Waals surface area contributed by atoms with E-state index in [1.807, 2.05) is 29.5 Å². The van der Waals surface area contributed by atoms with Crippen LogP contribution in [0.15, 0.2) is 36.4 Å². The minimum Gasteiger partial charge on any atom is -0.364 e. The first-order valence-electron chi connectivity index (χ1n) is 8.09. The van der Waals surface area contributed by atoms with Crippen LogP contribution < -0.4 is 4.90 Å². The number of hydrogen-bond donors (Lipinski definition) is 0. The smallest absolute Gasteiger partial charge is 0.195 e. The Morgan fingerprint density at radius 3 is 2.33 bits per heavy atom. The number of aryl methyl sites for hydroxylation is 1. The van der Waals surface area contributed by atoms with Gasteiger partial charge in [0.25, 0.3) is 0 Å². The molecular formula is C20H20N2S2. The molecule has 1 aromatic carbocycles. The lowest BCUT2D eigenvalue weighted by Crippen LogP contribution is -2.20. The molecule has 0 unspecified atom stereocenters. The Balaban J connectivity index is 1.93. The van der Waals surface area contributed by atoms with E-state index in [-0.39, 0.29) is 0 Å². The maximum atomic E-state index is 7.50. The summed E-state index contributed by atoms with van der Waals surface area (Å²) in [4.78, 5) is 7.25. The fourth-order valence-corrected chi connectivity index (χ4v) is 5.11. The predicted octanol–water partition coefficient (Wildman–Crippen LogP) is 6.53. The largest absolute Gasteiger partial charge is 0.364 e. The molecule has 0 atom stereocenters. The van der Waals surface area contributed by atoms with Gasteiger partial charge < -0.3 is 4.90 Å². The van der Waals surface area contributed by atoms with E-state index in [9.17, 15) is 0 Å². The summed E-state index contributed by atoms with van der Waals surface area (Å²) < 4.78 is 2.61. The third-order valence-electron chi connectivity index (χ3n) is 4.03. The molecule has 3 aromatic rings. The molecule has 0 aliphatic carbocycles. The molecule has 0 aliphatic heterocycles. The van der Waals surface area contributed by atoms with Crippen LogP contribution in [0, 0.1) is 13.5 Å². The molecule has 0 bridgehead atoms. The van der Waals surface area contributed by atoms with Crippen molar-refractivity contribution in [2.75, 3.05) is 18.0 Å². The molecule has 0 saturated carbocycles. The van der Waals surface area contributed by atoms with E-state index >= 15 is 0 Å². The lowest BCUT2D eigenvalue weighted by Gasteiger charge is -2.17. The van der Waals surface area contributed by atoms with Crippen molar-refractivity contribution in [2.45, 2.75) is 20.8 Å². The fraction of sp³-hybridized carbons (Fsp3) is 0.250. The van der Waals surface area contributed by atoms with Crippen LogP contribution in [0.2, 0.25) is 0 Å². The summed E-state index contributed by atoms with van der Waals surface area (Å²) in [6.45, 7) is 16.0. The third-order valence-corrected chi connectivity index (χ3v) is 6.34. The quantitative estimate of drug-likeness (QED) is 0.473. The van der Waals surface area contributed by atoms with Gasteiger partial charge in [0.2, 0.25) is 0 Å². The van der Waals surface area contributed by atoms with E-state index in [2.05, 4.69) is 54.8 Å². The number of thiophene rings is 2.